The number of halogens is 5. The van der Waals surface area contributed by atoms with Gasteiger partial charge in [-0.25, -0.2) is 23.5 Å². The van der Waals surface area contributed by atoms with E-state index in [0.717, 1.165) is 25.0 Å². The number of hydrogen-bond acceptors (Lipinski definition) is 7. The van der Waals surface area contributed by atoms with E-state index >= 15 is 0 Å². The molecule has 2 N–H and O–H groups in total. The number of imidazole rings is 1. The van der Waals surface area contributed by atoms with Crippen LogP contribution in [0.5, 0.6) is 5.88 Å². The third kappa shape index (κ3) is 4.90. The summed E-state index contributed by atoms with van der Waals surface area (Å²) >= 11 is 0. The Morgan fingerprint density at radius 3 is 2.30 bits per heavy atom. The van der Waals surface area contributed by atoms with Gasteiger partial charge >= 0.3 is 12.1 Å². The molecule has 0 spiro atoms. The molecular formula is C22H20F5N5O5. The van der Waals surface area contributed by atoms with E-state index in [2.05, 4.69) is 15.3 Å². The van der Waals surface area contributed by atoms with Crippen LogP contribution in [0, 0.1) is 0 Å². The number of carbonyl (C=O) groups is 2. The molecule has 3 aliphatic rings. The number of carboxylic acid groups (broad SMARTS) is 1. The van der Waals surface area contributed by atoms with Gasteiger partial charge in [0.1, 0.15) is 11.4 Å². The minimum atomic E-state index is -5.08. The number of nitrogens with one attached hydrogen (secondary N) is 1. The van der Waals surface area contributed by atoms with Gasteiger partial charge < -0.3 is 19.9 Å². The fraction of sp³-hybridized carbons (Fsp3) is 0.409. The van der Waals surface area contributed by atoms with E-state index in [1.54, 1.807) is 17.7 Å². The minimum absolute atomic E-state index is 0.00294. The first-order valence-electron chi connectivity index (χ1n) is 10.7. The van der Waals surface area contributed by atoms with E-state index in [1.165, 1.54) is 25.3 Å². The average Bonchev–Trinajstić information content (AvgIpc) is 3.20. The average molecular weight is 529 g/mol. The van der Waals surface area contributed by atoms with Crippen molar-refractivity contribution in [2.45, 2.75) is 42.9 Å². The molecule has 15 heteroatoms. The number of rotatable bonds is 6. The van der Waals surface area contributed by atoms with Crippen molar-refractivity contribution in [2.24, 2.45) is 0 Å². The van der Waals surface area contributed by atoms with Crippen LogP contribution in [0.2, 0.25) is 0 Å². The first kappa shape index (κ1) is 26.2. The molecule has 3 heterocycles. The molecule has 3 aliphatic carbocycles. The highest BCUT2D eigenvalue weighted by Crippen LogP contribution is 2.69. The second-order valence-electron chi connectivity index (χ2n) is 8.70. The number of aromatic nitrogens is 4. The fourth-order valence-corrected chi connectivity index (χ4v) is 4.49. The van der Waals surface area contributed by atoms with Gasteiger partial charge in [-0.05, 0) is 31.4 Å². The minimum Gasteiger partial charge on any atom is -0.478 e. The number of anilines is 1. The second kappa shape index (κ2) is 9.21. The number of hydrogen-bond donors (Lipinski definition) is 2. The van der Waals surface area contributed by atoms with Gasteiger partial charge in [-0.2, -0.15) is 18.2 Å². The van der Waals surface area contributed by atoms with Crippen molar-refractivity contribution in [2.75, 3.05) is 19.5 Å². The van der Waals surface area contributed by atoms with Gasteiger partial charge in [0.05, 0.1) is 24.6 Å². The Kier molecular flexibility index (Phi) is 6.52. The molecule has 1 amide bonds. The van der Waals surface area contributed by atoms with Crippen LogP contribution in [-0.2, 0) is 14.9 Å². The first-order valence-corrected chi connectivity index (χ1v) is 10.7. The molecule has 0 atom stereocenters. The topological polar surface area (TPSA) is 128 Å². The molecule has 3 aromatic rings. The van der Waals surface area contributed by atoms with Crippen LogP contribution in [0.4, 0.5) is 27.8 Å². The zero-order valence-electron chi connectivity index (χ0n) is 19.3. The molecule has 0 saturated heterocycles. The van der Waals surface area contributed by atoms with E-state index in [0.29, 0.717) is 5.65 Å². The van der Waals surface area contributed by atoms with E-state index in [1.807, 2.05) is 6.20 Å². The number of nitrogens with zero attached hydrogens (tertiary/aromatic N) is 4. The maximum Gasteiger partial charge on any atom is 0.490 e. The maximum atomic E-state index is 12.9. The molecular weight excluding hydrogens is 509 g/mol. The summed E-state index contributed by atoms with van der Waals surface area (Å²) in [7, 11) is 3.21. The monoisotopic (exact) mass is 529 g/mol. The van der Waals surface area contributed by atoms with Crippen LogP contribution in [0.1, 0.15) is 47.6 Å². The van der Waals surface area contributed by atoms with Crippen LogP contribution < -0.4 is 10.1 Å². The second-order valence-corrected chi connectivity index (χ2v) is 8.70. The third-order valence-electron chi connectivity index (χ3n) is 6.27. The SMILES string of the molecule is COc1nc(NC(=O)c2cccc(C(F)F)n2)cn2cc(C34CC(OC)(C3)C4)nc12.O=C(O)C(F)(F)F. The zero-order valence-corrected chi connectivity index (χ0v) is 19.3. The van der Waals surface area contributed by atoms with E-state index < -0.39 is 30.2 Å². The number of fused-ring (bicyclic) bond motifs is 1. The number of alkyl halides is 5. The quantitative estimate of drug-likeness (QED) is 0.462. The molecule has 6 rings (SSSR count). The zero-order chi connectivity index (χ0) is 27.2. The van der Waals surface area contributed by atoms with Gasteiger partial charge in [0.2, 0.25) is 5.65 Å². The lowest BCUT2D eigenvalue weighted by Crippen LogP contribution is -2.70. The molecule has 198 valence electrons. The van der Waals surface area contributed by atoms with E-state index in [4.69, 9.17) is 24.4 Å². The molecule has 3 fully saturated rings. The lowest BCUT2D eigenvalue weighted by molar-refractivity contribution is -0.233. The normalized spacial score (nSPS) is 21.9. The highest BCUT2D eigenvalue weighted by molar-refractivity contribution is 6.02. The number of carbonyl (C=O) groups excluding carboxylic acids is 1. The molecule has 0 unspecified atom stereocenters. The van der Waals surface area contributed by atoms with Crippen LogP contribution in [0.25, 0.3) is 5.65 Å². The first-order chi connectivity index (χ1) is 17.3. The lowest BCUT2D eigenvalue weighted by atomic mass is 9.40. The Labute approximate surface area is 205 Å². The highest BCUT2D eigenvalue weighted by atomic mass is 19.4. The van der Waals surface area contributed by atoms with Crippen molar-refractivity contribution < 1.29 is 46.1 Å². The van der Waals surface area contributed by atoms with Gasteiger partial charge in [-0.1, -0.05) is 6.07 Å². The third-order valence-corrected chi connectivity index (χ3v) is 6.27. The highest BCUT2D eigenvalue weighted by Gasteiger charge is 2.70. The molecule has 0 aliphatic heterocycles. The molecule has 0 radical (unpaired) electrons. The van der Waals surface area contributed by atoms with Crippen molar-refractivity contribution >= 4 is 23.3 Å². The Morgan fingerprint density at radius 2 is 1.76 bits per heavy atom. The van der Waals surface area contributed by atoms with Crippen molar-refractivity contribution in [3.63, 3.8) is 0 Å². The standard InChI is InChI=1S/C20H19F2N5O3.C2HF3O2/c1-29-18-16-24-13(19-8-20(9-19,10-19)30-2)6-27(16)7-14(26-18)25-17(28)12-5-3-4-11(23-12)15(21)22;3-2(4,5)1(6)7/h3-7,15H,8-10H2,1-2H3,(H,25,28);(H,6,7). The molecule has 10 nitrogen and oxygen atoms in total. The van der Waals surface area contributed by atoms with E-state index in [-0.39, 0.29) is 28.4 Å². The summed E-state index contributed by atoms with van der Waals surface area (Å²) in [6.07, 6.45) is -1.51. The number of carboxylic acids is 1. The number of aliphatic carboxylic acids is 1. The molecule has 2 bridgehead atoms. The summed E-state index contributed by atoms with van der Waals surface area (Å²) < 4.78 is 70.1. The number of amides is 1. The van der Waals surface area contributed by atoms with Crippen LogP contribution >= 0.6 is 0 Å². The molecule has 3 saturated carbocycles. The van der Waals surface area contributed by atoms with Crippen molar-refractivity contribution in [3.8, 4) is 5.88 Å². The largest absolute Gasteiger partial charge is 0.490 e. The predicted molar refractivity (Wildman–Crippen MR) is 116 cm³/mol. The van der Waals surface area contributed by atoms with Gasteiger partial charge in [0, 0.05) is 18.7 Å². The Morgan fingerprint density at radius 1 is 1.11 bits per heavy atom. The molecule has 3 aromatic heterocycles. The Balaban J connectivity index is 0.000000405. The van der Waals surface area contributed by atoms with Crippen molar-refractivity contribution in [1.82, 2.24) is 19.4 Å². The summed E-state index contributed by atoms with van der Waals surface area (Å²) in [6, 6.07) is 3.89. The predicted octanol–water partition coefficient (Wildman–Crippen LogP) is 3.78. The number of ether oxygens (including phenoxy) is 2. The molecule has 0 aromatic carbocycles. The Hall–Kier alpha value is -3.88. The van der Waals surface area contributed by atoms with Crippen molar-refractivity contribution in [1.29, 1.82) is 0 Å². The summed E-state index contributed by atoms with van der Waals surface area (Å²) in [5.74, 6) is -2.95. The summed E-state index contributed by atoms with van der Waals surface area (Å²) in [5.41, 5.74) is 0.914. The summed E-state index contributed by atoms with van der Waals surface area (Å²) in [5, 5.41) is 9.71. The summed E-state index contributed by atoms with van der Waals surface area (Å²) in [6.45, 7) is 0. The van der Waals surface area contributed by atoms with Crippen LogP contribution in [0.3, 0.4) is 0 Å². The maximum absolute atomic E-state index is 12.9. The van der Waals surface area contributed by atoms with E-state index in [9.17, 15) is 26.7 Å². The van der Waals surface area contributed by atoms with Crippen LogP contribution in [0.15, 0.2) is 30.6 Å². The summed E-state index contributed by atoms with van der Waals surface area (Å²) in [4.78, 5) is 34.1. The molecule has 37 heavy (non-hydrogen) atoms. The number of methoxy groups -OCH3 is 2. The fourth-order valence-electron chi connectivity index (χ4n) is 4.49. The lowest BCUT2D eigenvalue weighted by Gasteiger charge is -2.68. The smallest absolute Gasteiger partial charge is 0.478 e. The number of pyridine rings is 1. The van der Waals surface area contributed by atoms with Gasteiger partial charge in [-0.15, -0.1) is 0 Å². The Bertz CT molecular complexity index is 1340. The van der Waals surface area contributed by atoms with Crippen molar-refractivity contribution in [3.05, 3.63) is 47.7 Å². The van der Waals surface area contributed by atoms with Gasteiger partial charge in [0.25, 0.3) is 18.2 Å². The van der Waals surface area contributed by atoms with Gasteiger partial charge in [0.15, 0.2) is 5.82 Å². The van der Waals surface area contributed by atoms with Gasteiger partial charge in [-0.3, -0.25) is 9.20 Å². The van der Waals surface area contributed by atoms with Crippen LogP contribution in [-0.4, -0.2) is 62.3 Å².